The zero-order valence-electron chi connectivity index (χ0n) is 13.9. The second kappa shape index (κ2) is 7.92. The lowest BCUT2D eigenvalue weighted by molar-refractivity contribution is -0.119. The Balaban J connectivity index is 1.90. The number of hydrogen-bond donors (Lipinski definition) is 0. The van der Waals surface area contributed by atoms with Crippen LogP contribution >= 0.6 is 27.3 Å². The predicted molar refractivity (Wildman–Crippen MR) is 103 cm³/mol. The number of carbonyl (C=O) groups excluding carboxylic acids is 1. The summed E-state index contributed by atoms with van der Waals surface area (Å²) in [7, 11) is 0. The van der Waals surface area contributed by atoms with Gasteiger partial charge in [-0.25, -0.2) is 9.37 Å². The van der Waals surface area contributed by atoms with E-state index in [1.54, 1.807) is 12.3 Å². The molecule has 2 aromatic heterocycles. The molecular weight excluding hydrogens is 421 g/mol. The van der Waals surface area contributed by atoms with E-state index in [0.29, 0.717) is 10.2 Å². The fourth-order valence-corrected chi connectivity index (χ4v) is 3.43. The molecule has 2 heterocycles. The molecule has 0 atom stereocenters. The molecule has 0 aliphatic heterocycles. The van der Waals surface area contributed by atoms with Crippen LogP contribution in [0.1, 0.15) is 10.7 Å². The van der Waals surface area contributed by atoms with Crippen molar-refractivity contribution in [1.82, 2.24) is 9.55 Å². The highest BCUT2D eigenvalue weighted by Gasteiger charge is 2.18. The van der Waals surface area contributed by atoms with Crippen molar-refractivity contribution < 1.29 is 9.18 Å². The second-order valence-corrected chi connectivity index (χ2v) is 7.61. The van der Waals surface area contributed by atoms with Gasteiger partial charge in [-0.05, 0) is 53.2 Å². The Morgan fingerprint density at radius 2 is 2.00 bits per heavy atom. The van der Waals surface area contributed by atoms with Crippen molar-refractivity contribution in [2.75, 3.05) is 4.90 Å². The van der Waals surface area contributed by atoms with Crippen molar-refractivity contribution in [2.24, 2.45) is 0 Å². The molecule has 0 spiro atoms. The summed E-state index contributed by atoms with van der Waals surface area (Å²) in [4.78, 5) is 30.8. The smallest absolute Gasteiger partial charge is 0.251 e. The highest BCUT2D eigenvalue weighted by Crippen LogP contribution is 2.20. The summed E-state index contributed by atoms with van der Waals surface area (Å²) in [6.45, 7) is 2.01. The summed E-state index contributed by atoms with van der Waals surface area (Å²) in [5, 5.41) is 2.78. The minimum absolute atomic E-state index is 0.126. The molecule has 0 saturated heterocycles. The largest absolute Gasteiger partial charge is 0.305 e. The number of aromatic nitrogens is 2. The van der Waals surface area contributed by atoms with Gasteiger partial charge in [-0.3, -0.25) is 9.59 Å². The zero-order chi connectivity index (χ0) is 18.7. The first-order valence-electron chi connectivity index (χ1n) is 7.75. The first kappa shape index (κ1) is 18.5. The molecule has 0 N–H and O–H groups in total. The van der Waals surface area contributed by atoms with E-state index < -0.39 is 0 Å². The molecule has 0 fully saturated rings. The first-order chi connectivity index (χ1) is 12.4. The Morgan fingerprint density at radius 3 is 2.65 bits per heavy atom. The SMILES string of the molecule is Cc1nc(CN(C(=O)Cn2cc(Br)ccc2=O)c2ccc(F)cc2)cs1. The summed E-state index contributed by atoms with van der Waals surface area (Å²) in [5.74, 6) is -0.670. The van der Waals surface area contributed by atoms with E-state index in [2.05, 4.69) is 20.9 Å². The summed E-state index contributed by atoms with van der Waals surface area (Å²) in [6, 6.07) is 8.69. The number of carbonyl (C=O) groups is 1. The fourth-order valence-electron chi connectivity index (χ4n) is 2.44. The van der Waals surface area contributed by atoms with Gasteiger partial charge in [0.05, 0.1) is 17.2 Å². The quantitative estimate of drug-likeness (QED) is 0.613. The topological polar surface area (TPSA) is 55.2 Å². The molecule has 0 aliphatic carbocycles. The van der Waals surface area contributed by atoms with Gasteiger partial charge in [-0.1, -0.05) is 0 Å². The first-order valence-corrected chi connectivity index (χ1v) is 9.42. The molecule has 3 aromatic rings. The summed E-state index contributed by atoms with van der Waals surface area (Å²) < 4.78 is 15.3. The van der Waals surface area contributed by atoms with Crippen molar-refractivity contribution in [3.05, 3.63) is 79.3 Å². The number of amides is 1. The lowest BCUT2D eigenvalue weighted by Crippen LogP contribution is -2.36. The fraction of sp³-hybridized carbons (Fsp3) is 0.167. The van der Waals surface area contributed by atoms with Crippen LogP contribution in [0.4, 0.5) is 10.1 Å². The predicted octanol–water partition coefficient (Wildman–Crippen LogP) is 3.75. The molecule has 5 nitrogen and oxygen atoms in total. The molecule has 0 unspecified atom stereocenters. The van der Waals surface area contributed by atoms with Crippen LogP contribution in [0.2, 0.25) is 0 Å². The van der Waals surface area contributed by atoms with Crippen LogP contribution in [-0.4, -0.2) is 15.5 Å². The number of nitrogens with zero attached hydrogens (tertiary/aromatic N) is 3. The van der Waals surface area contributed by atoms with Gasteiger partial charge >= 0.3 is 0 Å². The van der Waals surface area contributed by atoms with Crippen LogP contribution in [0.5, 0.6) is 0 Å². The molecule has 3 rings (SSSR count). The molecule has 0 saturated carbocycles. The van der Waals surface area contributed by atoms with Crippen LogP contribution in [-0.2, 0) is 17.9 Å². The highest BCUT2D eigenvalue weighted by molar-refractivity contribution is 9.10. The highest BCUT2D eigenvalue weighted by atomic mass is 79.9. The van der Waals surface area contributed by atoms with E-state index in [9.17, 15) is 14.0 Å². The average molecular weight is 436 g/mol. The van der Waals surface area contributed by atoms with Gasteiger partial charge in [0.15, 0.2) is 0 Å². The van der Waals surface area contributed by atoms with Crippen molar-refractivity contribution >= 4 is 38.9 Å². The van der Waals surface area contributed by atoms with Gasteiger partial charge in [-0.15, -0.1) is 11.3 Å². The number of thiazole rings is 1. The molecule has 0 radical (unpaired) electrons. The Kier molecular flexibility index (Phi) is 5.63. The van der Waals surface area contributed by atoms with E-state index in [-0.39, 0.29) is 30.4 Å². The number of aryl methyl sites for hydroxylation is 1. The third-order valence-corrected chi connectivity index (χ3v) is 4.97. The van der Waals surface area contributed by atoms with E-state index >= 15 is 0 Å². The minimum Gasteiger partial charge on any atom is -0.305 e. The second-order valence-electron chi connectivity index (χ2n) is 5.63. The summed E-state index contributed by atoms with van der Waals surface area (Å²) in [6.07, 6.45) is 1.57. The van der Waals surface area contributed by atoms with E-state index in [0.717, 1.165) is 10.7 Å². The van der Waals surface area contributed by atoms with Gasteiger partial charge in [0.1, 0.15) is 12.4 Å². The molecule has 1 aromatic carbocycles. The van der Waals surface area contributed by atoms with Crippen LogP contribution < -0.4 is 10.5 Å². The van der Waals surface area contributed by atoms with Crippen molar-refractivity contribution in [2.45, 2.75) is 20.0 Å². The molecule has 1 amide bonds. The lowest BCUT2D eigenvalue weighted by atomic mass is 10.2. The van der Waals surface area contributed by atoms with Gasteiger partial charge in [0, 0.05) is 27.8 Å². The number of hydrogen-bond acceptors (Lipinski definition) is 4. The number of anilines is 1. The molecule has 0 bridgehead atoms. The molecular formula is C18H15BrFN3O2S. The van der Waals surface area contributed by atoms with Gasteiger partial charge < -0.3 is 9.47 Å². The maximum Gasteiger partial charge on any atom is 0.251 e. The zero-order valence-corrected chi connectivity index (χ0v) is 16.3. The molecule has 8 heteroatoms. The van der Waals surface area contributed by atoms with Crippen molar-refractivity contribution in [1.29, 1.82) is 0 Å². The standard InChI is InChI=1S/C18H15BrFN3O2S/c1-12-21-15(11-26-12)9-23(16-5-3-14(20)4-6-16)18(25)10-22-8-13(19)2-7-17(22)24/h2-8,11H,9-10H2,1H3. The number of benzene rings is 1. The Bertz CT molecular complexity index is 985. The van der Waals surface area contributed by atoms with Crippen LogP contribution in [0.15, 0.2) is 57.2 Å². The van der Waals surface area contributed by atoms with Gasteiger partial charge in [-0.2, -0.15) is 0 Å². The molecule has 134 valence electrons. The van der Waals surface area contributed by atoms with Crippen LogP contribution in [0.3, 0.4) is 0 Å². The van der Waals surface area contributed by atoms with Gasteiger partial charge in [0.2, 0.25) is 5.91 Å². The maximum absolute atomic E-state index is 13.3. The molecule has 0 aliphatic rings. The average Bonchev–Trinajstić information content (AvgIpc) is 3.02. The van der Waals surface area contributed by atoms with E-state index in [4.69, 9.17) is 0 Å². The van der Waals surface area contributed by atoms with E-state index in [1.807, 2.05) is 12.3 Å². The summed E-state index contributed by atoms with van der Waals surface area (Å²) in [5.41, 5.74) is 1.02. The van der Waals surface area contributed by atoms with E-state index in [1.165, 1.54) is 51.1 Å². The Labute approximate surface area is 161 Å². The van der Waals surface area contributed by atoms with Gasteiger partial charge in [0.25, 0.3) is 5.56 Å². The summed E-state index contributed by atoms with van der Waals surface area (Å²) >= 11 is 4.79. The minimum atomic E-state index is -0.381. The monoisotopic (exact) mass is 435 g/mol. The Hall–Kier alpha value is -2.32. The molecule has 26 heavy (non-hydrogen) atoms. The van der Waals surface area contributed by atoms with Crippen molar-refractivity contribution in [3.63, 3.8) is 0 Å². The third-order valence-electron chi connectivity index (χ3n) is 3.68. The number of rotatable bonds is 5. The lowest BCUT2D eigenvalue weighted by Gasteiger charge is -2.22. The Morgan fingerprint density at radius 1 is 1.27 bits per heavy atom. The normalized spacial score (nSPS) is 10.7. The third kappa shape index (κ3) is 4.44. The van der Waals surface area contributed by atoms with Crippen molar-refractivity contribution in [3.8, 4) is 0 Å². The van der Waals surface area contributed by atoms with Crippen LogP contribution in [0, 0.1) is 12.7 Å². The number of pyridine rings is 1. The van der Waals surface area contributed by atoms with Crippen LogP contribution in [0.25, 0.3) is 0 Å². The number of halogens is 2. The maximum atomic E-state index is 13.3.